The second-order valence-electron chi connectivity index (χ2n) is 1.79. The van der Waals surface area contributed by atoms with E-state index in [0.29, 0.717) is 5.92 Å². The van der Waals surface area contributed by atoms with E-state index in [4.69, 9.17) is 5.11 Å². The van der Waals surface area contributed by atoms with Gasteiger partial charge in [-0.3, -0.25) is 0 Å². The first-order valence-electron chi connectivity index (χ1n) is 2.90. The minimum Gasteiger partial charge on any atom is -0.384 e. The molecule has 1 heteroatoms. The molecular weight excluding hydrogens is 100 g/mol. The fourth-order valence-electron chi connectivity index (χ4n) is 0.322. The zero-order valence-corrected chi connectivity index (χ0v) is 5.44. The maximum absolute atomic E-state index is 8.24. The normalized spacial score (nSPS) is 11.9. The van der Waals surface area contributed by atoms with E-state index in [1.54, 1.807) is 0 Å². The lowest BCUT2D eigenvalue weighted by Gasteiger charge is -1.92. The summed E-state index contributed by atoms with van der Waals surface area (Å²) in [5.74, 6) is 5.92. The Kier molecular flexibility index (Phi) is 4.39. The van der Waals surface area contributed by atoms with E-state index in [1.165, 1.54) is 0 Å². The highest BCUT2D eigenvalue weighted by molar-refractivity contribution is 5.01. The van der Waals surface area contributed by atoms with Crippen molar-refractivity contribution < 1.29 is 5.11 Å². The van der Waals surface area contributed by atoms with Gasteiger partial charge in [0.15, 0.2) is 0 Å². The van der Waals surface area contributed by atoms with Crippen LogP contribution in [0.15, 0.2) is 0 Å². The Hall–Kier alpha value is -0.480. The molecule has 1 unspecified atom stereocenters. The van der Waals surface area contributed by atoms with Crippen molar-refractivity contribution in [2.24, 2.45) is 5.92 Å². The first-order chi connectivity index (χ1) is 3.81. The van der Waals surface area contributed by atoms with E-state index in [-0.39, 0.29) is 6.61 Å². The highest BCUT2D eigenvalue weighted by atomic mass is 16.2. The smallest absolute Gasteiger partial charge is 0.104 e. The topological polar surface area (TPSA) is 20.2 Å². The maximum Gasteiger partial charge on any atom is 0.104 e. The summed E-state index contributed by atoms with van der Waals surface area (Å²) in [7, 11) is 0. The van der Waals surface area contributed by atoms with Gasteiger partial charge >= 0.3 is 0 Å². The predicted octanol–water partition coefficient (Wildman–Crippen LogP) is 1.03. The Bertz CT molecular complexity index is 96.7. The number of aliphatic hydroxyl groups excluding tert-OH is 1. The standard InChI is InChI=1S/C7H12O/c1-3-7(2)5-4-6-8/h7-8H,3,6H2,1-2H3. The van der Waals surface area contributed by atoms with Gasteiger partial charge in [-0.15, -0.1) is 0 Å². The highest BCUT2D eigenvalue weighted by Crippen LogP contribution is 1.95. The van der Waals surface area contributed by atoms with Gasteiger partial charge in [-0.25, -0.2) is 0 Å². The predicted molar refractivity (Wildman–Crippen MR) is 34.3 cm³/mol. The second kappa shape index (κ2) is 4.67. The van der Waals surface area contributed by atoms with Gasteiger partial charge in [0, 0.05) is 5.92 Å². The first-order valence-corrected chi connectivity index (χ1v) is 2.90. The Morgan fingerprint density at radius 3 is 2.62 bits per heavy atom. The summed E-state index contributed by atoms with van der Waals surface area (Å²) in [6.45, 7) is 4.11. The van der Waals surface area contributed by atoms with Gasteiger partial charge in [0.05, 0.1) is 0 Å². The zero-order valence-electron chi connectivity index (χ0n) is 5.44. The molecular formula is C7H12O. The zero-order chi connectivity index (χ0) is 6.41. The van der Waals surface area contributed by atoms with Crippen molar-refractivity contribution in [3.8, 4) is 11.8 Å². The van der Waals surface area contributed by atoms with Crippen molar-refractivity contribution in [1.29, 1.82) is 0 Å². The summed E-state index contributed by atoms with van der Waals surface area (Å²) in [4.78, 5) is 0. The van der Waals surface area contributed by atoms with E-state index in [1.807, 2.05) is 6.92 Å². The lowest BCUT2D eigenvalue weighted by atomic mass is 10.1. The third-order valence-electron chi connectivity index (χ3n) is 1.04. The Morgan fingerprint density at radius 2 is 2.25 bits per heavy atom. The van der Waals surface area contributed by atoms with Crippen LogP contribution < -0.4 is 0 Å². The van der Waals surface area contributed by atoms with Gasteiger partial charge in [0.1, 0.15) is 6.61 Å². The molecule has 0 saturated carbocycles. The minimum absolute atomic E-state index is 0.00958. The summed E-state index contributed by atoms with van der Waals surface area (Å²) in [6, 6.07) is 0. The van der Waals surface area contributed by atoms with E-state index < -0.39 is 0 Å². The summed E-state index contributed by atoms with van der Waals surface area (Å²) < 4.78 is 0. The molecule has 1 nitrogen and oxygen atoms in total. The molecule has 0 aliphatic heterocycles. The van der Waals surface area contributed by atoms with Gasteiger partial charge in [0.2, 0.25) is 0 Å². The summed E-state index contributed by atoms with van der Waals surface area (Å²) in [6.07, 6.45) is 1.06. The molecule has 0 bridgehead atoms. The van der Waals surface area contributed by atoms with Crippen LogP contribution in [0.3, 0.4) is 0 Å². The lowest BCUT2D eigenvalue weighted by Crippen LogP contribution is -1.85. The van der Waals surface area contributed by atoms with Gasteiger partial charge in [-0.2, -0.15) is 0 Å². The number of rotatable bonds is 1. The van der Waals surface area contributed by atoms with E-state index >= 15 is 0 Å². The molecule has 0 aromatic heterocycles. The molecule has 46 valence electrons. The van der Waals surface area contributed by atoms with Crippen molar-refractivity contribution in [2.75, 3.05) is 6.61 Å². The fraction of sp³-hybridized carbons (Fsp3) is 0.714. The molecule has 0 amide bonds. The molecule has 0 heterocycles. The number of aliphatic hydroxyl groups is 1. The Labute approximate surface area is 50.7 Å². The van der Waals surface area contributed by atoms with Gasteiger partial charge in [-0.05, 0) is 6.42 Å². The van der Waals surface area contributed by atoms with Crippen LogP contribution in [0.25, 0.3) is 0 Å². The van der Waals surface area contributed by atoms with Gasteiger partial charge < -0.3 is 5.11 Å². The summed E-state index contributed by atoms with van der Waals surface area (Å²) in [5, 5.41) is 8.24. The van der Waals surface area contributed by atoms with Crippen LogP contribution in [-0.2, 0) is 0 Å². The van der Waals surface area contributed by atoms with Crippen molar-refractivity contribution in [3.63, 3.8) is 0 Å². The SMILES string of the molecule is CCC(C)C#CCO. The highest BCUT2D eigenvalue weighted by Gasteiger charge is 1.86. The molecule has 1 N–H and O–H groups in total. The van der Waals surface area contributed by atoms with Gasteiger partial charge in [0.25, 0.3) is 0 Å². The van der Waals surface area contributed by atoms with Crippen LogP contribution in [0.5, 0.6) is 0 Å². The van der Waals surface area contributed by atoms with Crippen molar-refractivity contribution in [1.82, 2.24) is 0 Å². The number of hydrogen-bond donors (Lipinski definition) is 1. The molecule has 0 spiro atoms. The summed E-state index contributed by atoms with van der Waals surface area (Å²) in [5.41, 5.74) is 0. The largest absolute Gasteiger partial charge is 0.384 e. The van der Waals surface area contributed by atoms with Crippen LogP contribution in [0, 0.1) is 17.8 Å². The fourth-order valence-corrected chi connectivity index (χ4v) is 0.322. The average Bonchev–Trinajstić information content (AvgIpc) is 1.83. The van der Waals surface area contributed by atoms with E-state index in [2.05, 4.69) is 18.8 Å². The minimum atomic E-state index is -0.00958. The second-order valence-corrected chi connectivity index (χ2v) is 1.79. The van der Waals surface area contributed by atoms with Crippen molar-refractivity contribution in [2.45, 2.75) is 20.3 Å². The average molecular weight is 112 g/mol. The molecule has 0 rings (SSSR count). The molecule has 0 saturated heterocycles. The molecule has 8 heavy (non-hydrogen) atoms. The molecule has 0 aromatic rings. The molecule has 0 aliphatic carbocycles. The molecule has 1 atom stereocenters. The van der Waals surface area contributed by atoms with Crippen molar-refractivity contribution in [3.05, 3.63) is 0 Å². The maximum atomic E-state index is 8.24. The molecule has 0 aromatic carbocycles. The first kappa shape index (κ1) is 7.52. The van der Waals surface area contributed by atoms with Crippen LogP contribution in [0.2, 0.25) is 0 Å². The Balaban J connectivity index is 3.35. The van der Waals surface area contributed by atoms with Gasteiger partial charge in [-0.1, -0.05) is 25.7 Å². The number of hydrogen-bond acceptors (Lipinski definition) is 1. The molecule has 0 fully saturated rings. The van der Waals surface area contributed by atoms with Crippen molar-refractivity contribution >= 4 is 0 Å². The Morgan fingerprint density at radius 1 is 1.62 bits per heavy atom. The molecule has 0 radical (unpaired) electrons. The summed E-state index contributed by atoms with van der Waals surface area (Å²) >= 11 is 0. The van der Waals surface area contributed by atoms with E-state index in [0.717, 1.165) is 6.42 Å². The van der Waals surface area contributed by atoms with E-state index in [9.17, 15) is 0 Å². The molecule has 0 aliphatic rings. The quantitative estimate of drug-likeness (QED) is 0.502. The van der Waals surface area contributed by atoms with Crippen LogP contribution in [0.1, 0.15) is 20.3 Å². The van der Waals surface area contributed by atoms with Crippen LogP contribution in [-0.4, -0.2) is 11.7 Å². The van der Waals surface area contributed by atoms with Crippen LogP contribution in [0.4, 0.5) is 0 Å². The van der Waals surface area contributed by atoms with Crippen LogP contribution >= 0.6 is 0 Å². The monoisotopic (exact) mass is 112 g/mol. The lowest BCUT2D eigenvalue weighted by molar-refractivity contribution is 0.350. The third kappa shape index (κ3) is 3.70. The third-order valence-corrected chi connectivity index (χ3v) is 1.04.